The second-order valence-electron chi connectivity index (χ2n) is 4.60. The van der Waals surface area contributed by atoms with Crippen LogP contribution in [-0.4, -0.2) is 17.8 Å². The van der Waals surface area contributed by atoms with Gasteiger partial charge < -0.3 is 9.47 Å². The molecule has 0 saturated heterocycles. The van der Waals surface area contributed by atoms with Gasteiger partial charge in [-0.15, -0.1) is 0 Å². The Kier molecular flexibility index (Phi) is 5.73. The molecule has 0 amide bonds. The van der Waals surface area contributed by atoms with Gasteiger partial charge in [-0.1, -0.05) is 18.2 Å². The minimum absolute atomic E-state index is 0.0361. The van der Waals surface area contributed by atoms with Crippen LogP contribution in [-0.2, 0) is 5.11 Å². The van der Waals surface area contributed by atoms with Crippen molar-refractivity contribution in [3.8, 4) is 11.5 Å². The Morgan fingerprint density at radius 2 is 1.68 bits per heavy atom. The fourth-order valence-corrected chi connectivity index (χ4v) is 1.81. The van der Waals surface area contributed by atoms with Gasteiger partial charge in [0.05, 0.1) is 11.5 Å². The third-order valence-corrected chi connectivity index (χ3v) is 2.91. The fraction of sp³-hybridized carbons (Fsp3) is 0.250. The lowest BCUT2D eigenvalue weighted by atomic mass is 10.3. The average Bonchev–Trinajstić information content (AvgIpc) is 2.53. The molecule has 2 aromatic rings. The van der Waals surface area contributed by atoms with E-state index in [9.17, 15) is 15.2 Å². The van der Waals surface area contributed by atoms with Crippen LogP contribution >= 0.6 is 0 Å². The Morgan fingerprint density at radius 3 is 2.32 bits per heavy atom. The summed E-state index contributed by atoms with van der Waals surface area (Å²) in [6.07, 6.45) is -0.360. The van der Waals surface area contributed by atoms with Gasteiger partial charge in [-0.25, -0.2) is 0 Å². The van der Waals surface area contributed by atoms with Gasteiger partial charge >= 0.3 is 0 Å². The summed E-state index contributed by atoms with van der Waals surface area (Å²) in [5, 5.41) is 22.2. The summed E-state index contributed by atoms with van der Waals surface area (Å²) < 4.78 is 10.6. The molecular weight excluding hydrogens is 286 g/mol. The van der Waals surface area contributed by atoms with E-state index in [0.717, 1.165) is 5.75 Å². The zero-order valence-corrected chi connectivity index (χ0v) is 11.9. The summed E-state index contributed by atoms with van der Waals surface area (Å²) in [5.41, 5.74) is -0.0361. The number of nitro benzene ring substituents is 1. The number of ether oxygens (including phenoxy) is 2. The van der Waals surface area contributed by atoms with Crippen molar-refractivity contribution in [1.29, 1.82) is 0 Å². The van der Waals surface area contributed by atoms with E-state index in [4.69, 9.17) is 9.47 Å². The van der Waals surface area contributed by atoms with Crippen LogP contribution in [0.1, 0.15) is 12.8 Å². The van der Waals surface area contributed by atoms with Crippen LogP contribution in [0, 0.1) is 10.1 Å². The summed E-state index contributed by atoms with van der Waals surface area (Å²) in [4.78, 5) is 10.0. The summed E-state index contributed by atoms with van der Waals surface area (Å²) in [6.45, 7) is 0.437. The molecule has 0 saturated carbocycles. The van der Waals surface area contributed by atoms with Crippen LogP contribution in [0.25, 0.3) is 0 Å². The van der Waals surface area contributed by atoms with Crippen LogP contribution in [0.15, 0.2) is 54.6 Å². The summed E-state index contributed by atoms with van der Waals surface area (Å²) >= 11 is 0. The number of rotatable bonds is 8. The molecule has 0 N–H and O–H groups in total. The van der Waals surface area contributed by atoms with Crippen LogP contribution in [0.5, 0.6) is 11.5 Å². The first-order valence-electron chi connectivity index (χ1n) is 6.90. The van der Waals surface area contributed by atoms with Crippen molar-refractivity contribution in [3.63, 3.8) is 0 Å². The second-order valence-corrected chi connectivity index (χ2v) is 4.60. The first-order chi connectivity index (χ1) is 10.6. The number of para-hydroxylation sites is 1. The number of hydrogen-bond donors (Lipinski definition) is 0. The van der Waals surface area contributed by atoms with E-state index in [1.807, 2.05) is 30.3 Å². The maximum absolute atomic E-state index is 11.7. The molecule has 1 atom stereocenters. The van der Waals surface area contributed by atoms with Crippen molar-refractivity contribution in [2.75, 3.05) is 6.61 Å². The van der Waals surface area contributed by atoms with Crippen LogP contribution in [0.4, 0.5) is 5.69 Å². The molecule has 6 heteroatoms. The molecule has 1 unspecified atom stereocenters. The van der Waals surface area contributed by atoms with Crippen LogP contribution in [0.2, 0.25) is 0 Å². The monoisotopic (exact) mass is 302 g/mol. The third-order valence-electron chi connectivity index (χ3n) is 2.91. The molecule has 0 aliphatic heterocycles. The van der Waals surface area contributed by atoms with E-state index >= 15 is 0 Å². The van der Waals surface area contributed by atoms with Crippen molar-refractivity contribution >= 4 is 5.69 Å². The normalized spacial score (nSPS) is 11.7. The van der Waals surface area contributed by atoms with Crippen molar-refractivity contribution in [3.05, 3.63) is 64.7 Å². The summed E-state index contributed by atoms with van der Waals surface area (Å²) in [6, 6.07) is 14.8. The minimum Gasteiger partial charge on any atom is -0.494 e. The van der Waals surface area contributed by atoms with E-state index in [0.29, 0.717) is 25.2 Å². The van der Waals surface area contributed by atoms with Gasteiger partial charge in [-0.2, -0.15) is 5.11 Å². The molecule has 0 bridgehead atoms. The van der Waals surface area contributed by atoms with E-state index in [1.54, 1.807) is 0 Å². The first kappa shape index (κ1) is 15.8. The van der Waals surface area contributed by atoms with Crippen LogP contribution in [0.3, 0.4) is 0 Å². The molecule has 1 radical (unpaired) electrons. The predicted molar refractivity (Wildman–Crippen MR) is 79.4 cm³/mol. The quantitative estimate of drug-likeness (QED) is 0.323. The fourth-order valence-electron chi connectivity index (χ4n) is 1.81. The predicted octanol–water partition coefficient (Wildman–Crippen LogP) is 3.59. The highest BCUT2D eigenvalue weighted by molar-refractivity contribution is 5.36. The molecule has 2 aromatic carbocycles. The topological polar surface area (TPSA) is 81.5 Å². The molecule has 22 heavy (non-hydrogen) atoms. The molecular formula is C16H16NO5. The zero-order chi connectivity index (χ0) is 15.8. The second kappa shape index (κ2) is 7.99. The molecule has 2 rings (SSSR count). The molecule has 0 fully saturated rings. The van der Waals surface area contributed by atoms with Gasteiger partial charge in [0, 0.05) is 18.6 Å². The Hall–Kier alpha value is -2.60. The van der Waals surface area contributed by atoms with E-state index in [1.165, 1.54) is 24.3 Å². The molecule has 0 heterocycles. The molecule has 6 nitrogen and oxygen atoms in total. The minimum atomic E-state index is -1.22. The lowest BCUT2D eigenvalue weighted by Crippen LogP contribution is -2.15. The van der Waals surface area contributed by atoms with Gasteiger partial charge in [-0.3, -0.25) is 10.1 Å². The van der Waals surface area contributed by atoms with Crippen molar-refractivity contribution in [2.45, 2.75) is 19.1 Å². The molecule has 0 aliphatic carbocycles. The van der Waals surface area contributed by atoms with Gasteiger partial charge in [0.15, 0.2) is 0 Å². The Labute approximate surface area is 128 Å². The van der Waals surface area contributed by atoms with Gasteiger partial charge in [0.1, 0.15) is 11.5 Å². The number of nitrogens with zero attached hydrogens (tertiary/aromatic N) is 1. The van der Waals surface area contributed by atoms with Gasteiger partial charge in [0.25, 0.3) is 5.69 Å². The van der Waals surface area contributed by atoms with Crippen LogP contribution < -0.4 is 9.47 Å². The highest BCUT2D eigenvalue weighted by Crippen LogP contribution is 2.19. The Bertz CT molecular complexity index is 585. The summed E-state index contributed by atoms with van der Waals surface area (Å²) in [5.74, 6) is 1.09. The van der Waals surface area contributed by atoms with E-state index in [2.05, 4.69) is 0 Å². The first-order valence-corrected chi connectivity index (χ1v) is 6.90. The van der Waals surface area contributed by atoms with Gasteiger partial charge in [-0.05, 0) is 30.7 Å². The Balaban J connectivity index is 1.69. The maximum atomic E-state index is 11.7. The highest BCUT2D eigenvalue weighted by atomic mass is 16.6. The lowest BCUT2D eigenvalue weighted by Gasteiger charge is -2.11. The number of hydrogen-bond acceptors (Lipinski definition) is 4. The zero-order valence-electron chi connectivity index (χ0n) is 11.9. The molecule has 0 aliphatic rings. The average molecular weight is 302 g/mol. The number of non-ortho nitro benzene ring substituents is 1. The van der Waals surface area contributed by atoms with Crippen molar-refractivity contribution < 1.29 is 19.5 Å². The van der Waals surface area contributed by atoms with E-state index in [-0.39, 0.29) is 5.69 Å². The summed E-state index contributed by atoms with van der Waals surface area (Å²) in [7, 11) is 0. The Morgan fingerprint density at radius 1 is 1.00 bits per heavy atom. The SMILES string of the molecule is [O]C(CCCOc1ccccc1)Oc1ccc([N+](=O)[O-])cc1. The highest BCUT2D eigenvalue weighted by Gasteiger charge is 2.10. The molecule has 0 aromatic heterocycles. The molecule has 115 valence electrons. The van der Waals surface area contributed by atoms with Crippen molar-refractivity contribution in [2.24, 2.45) is 0 Å². The third kappa shape index (κ3) is 5.06. The maximum Gasteiger partial charge on any atom is 0.269 e. The van der Waals surface area contributed by atoms with Crippen molar-refractivity contribution in [1.82, 2.24) is 0 Å². The number of nitro groups is 1. The lowest BCUT2D eigenvalue weighted by molar-refractivity contribution is -0.384. The van der Waals surface area contributed by atoms with E-state index < -0.39 is 11.2 Å². The smallest absolute Gasteiger partial charge is 0.269 e. The standard InChI is InChI=1S/C16H16NO5/c18-16(7-4-12-21-14-5-2-1-3-6-14)22-15-10-8-13(9-11-15)17(19)20/h1-3,5-6,8-11,16H,4,7,12H2. The molecule has 0 spiro atoms. The number of benzene rings is 2. The van der Waals surface area contributed by atoms with Gasteiger partial charge in [0.2, 0.25) is 6.29 Å². The largest absolute Gasteiger partial charge is 0.494 e.